The topological polar surface area (TPSA) is 56.7 Å². The van der Waals surface area contributed by atoms with E-state index in [1.165, 1.54) is 0 Å². The third-order valence-corrected chi connectivity index (χ3v) is 4.04. The monoisotopic (exact) mass is 291 g/mol. The first kappa shape index (κ1) is 15.9. The van der Waals surface area contributed by atoms with Crippen LogP contribution in [0.1, 0.15) is 25.3 Å². The highest BCUT2D eigenvalue weighted by atomic mass is 16.3. The van der Waals surface area contributed by atoms with Crippen molar-refractivity contribution in [2.45, 2.75) is 26.3 Å². The molecule has 1 fully saturated rings. The summed E-state index contributed by atoms with van der Waals surface area (Å²) in [6, 6.07) is 3.88. The lowest BCUT2D eigenvalue weighted by atomic mass is 9.99. The third kappa shape index (κ3) is 5.10. The smallest absolute Gasteiger partial charge is 0.236 e. The Morgan fingerprint density at radius 3 is 2.86 bits per heavy atom. The summed E-state index contributed by atoms with van der Waals surface area (Å²) in [5.41, 5.74) is 1.06. The van der Waals surface area contributed by atoms with Gasteiger partial charge in [0.05, 0.1) is 13.2 Å². The fourth-order valence-electron chi connectivity index (χ4n) is 2.65. The van der Waals surface area contributed by atoms with E-state index in [1.54, 1.807) is 12.4 Å². The Kier molecular flexibility index (Phi) is 6.14. The fourth-order valence-corrected chi connectivity index (χ4v) is 2.65. The summed E-state index contributed by atoms with van der Waals surface area (Å²) in [5.74, 6) is 0.886. The molecule has 0 spiro atoms. The minimum atomic E-state index is 0.0601. The number of aliphatic hydroxyl groups excluding tert-OH is 1. The predicted molar refractivity (Wildman–Crippen MR) is 81.6 cm³/mol. The molecule has 0 radical (unpaired) electrons. The number of rotatable bonds is 6. The van der Waals surface area contributed by atoms with Gasteiger partial charge in [-0.05, 0) is 30.4 Å². The normalized spacial score (nSPS) is 16.4. The van der Waals surface area contributed by atoms with Crippen LogP contribution < -0.4 is 0 Å². The molecule has 5 heteroatoms. The molecule has 2 rings (SSSR count). The first-order valence-electron chi connectivity index (χ1n) is 7.69. The van der Waals surface area contributed by atoms with Crippen molar-refractivity contribution in [3.63, 3.8) is 0 Å². The largest absolute Gasteiger partial charge is 0.395 e. The number of carbonyl (C=O) groups excluding carboxylic acids is 1. The van der Waals surface area contributed by atoms with Gasteiger partial charge in [-0.3, -0.25) is 14.7 Å². The van der Waals surface area contributed by atoms with Gasteiger partial charge in [-0.2, -0.15) is 0 Å². The van der Waals surface area contributed by atoms with Gasteiger partial charge in [0.1, 0.15) is 0 Å². The molecule has 1 aliphatic rings. The zero-order valence-corrected chi connectivity index (χ0v) is 12.7. The molecule has 1 saturated heterocycles. The van der Waals surface area contributed by atoms with E-state index >= 15 is 0 Å². The van der Waals surface area contributed by atoms with Crippen molar-refractivity contribution in [1.82, 2.24) is 14.8 Å². The van der Waals surface area contributed by atoms with Crippen molar-refractivity contribution in [3.8, 4) is 0 Å². The number of hydrogen-bond acceptors (Lipinski definition) is 4. The van der Waals surface area contributed by atoms with E-state index in [4.69, 9.17) is 0 Å². The Hall–Kier alpha value is -1.46. The van der Waals surface area contributed by atoms with E-state index in [-0.39, 0.29) is 12.5 Å². The van der Waals surface area contributed by atoms with Crippen molar-refractivity contribution >= 4 is 5.91 Å². The van der Waals surface area contributed by atoms with Crippen LogP contribution in [0.25, 0.3) is 0 Å². The predicted octanol–water partition coefficient (Wildman–Crippen LogP) is 1.13. The molecule has 1 amide bonds. The summed E-state index contributed by atoms with van der Waals surface area (Å²) in [6.45, 7) is 5.53. The molecule has 116 valence electrons. The van der Waals surface area contributed by atoms with Crippen LogP contribution in [0, 0.1) is 5.92 Å². The van der Waals surface area contributed by atoms with E-state index in [0.29, 0.717) is 19.6 Å². The molecule has 1 aromatic heterocycles. The summed E-state index contributed by atoms with van der Waals surface area (Å²) >= 11 is 0. The molecule has 1 aromatic rings. The molecular formula is C16H25N3O2. The lowest BCUT2D eigenvalue weighted by Gasteiger charge is -2.32. The second-order valence-corrected chi connectivity index (χ2v) is 5.86. The molecule has 0 unspecified atom stereocenters. The van der Waals surface area contributed by atoms with Crippen molar-refractivity contribution < 1.29 is 9.90 Å². The minimum absolute atomic E-state index is 0.0601. The van der Waals surface area contributed by atoms with E-state index in [0.717, 1.165) is 37.4 Å². The highest BCUT2D eigenvalue weighted by Crippen LogP contribution is 2.16. The van der Waals surface area contributed by atoms with Crippen molar-refractivity contribution in [2.75, 3.05) is 32.8 Å². The minimum Gasteiger partial charge on any atom is -0.395 e. The third-order valence-electron chi connectivity index (χ3n) is 4.04. The van der Waals surface area contributed by atoms with E-state index in [9.17, 15) is 9.90 Å². The first-order valence-corrected chi connectivity index (χ1v) is 7.69. The van der Waals surface area contributed by atoms with Gasteiger partial charge in [-0.1, -0.05) is 13.0 Å². The average Bonchev–Trinajstić information content (AvgIpc) is 2.49. The highest BCUT2D eigenvalue weighted by molar-refractivity contribution is 5.78. The van der Waals surface area contributed by atoms with Crippen LogP contribution in [0.15, 0.2) is 24.5 Å². The summed E-state index contributed by atoms with van der Waals surface area (Å²) in [7, 11) is 0. The standard InChI is InChI=1S/C16H25N3O2/c1-14-4-7-19(8-5-14)16(21)13-18(9-10-20)12-15-3-2-6-17-11-15/h2-3,6,11,14,20H,4-5,7-10,12-13H2,1H3. The molecule has 21 heavy (non-hydrogen) atoms. The zero-order valence-electron chi connectivity index (χ0n) is 12.7. The van der Waals surface area contributed by atoms with Gasteiger partial charge in [0, 0.05) is 38.6 Å². The van der Waals surface area contributed by atoms with Crippen LogP contribution in [0.4, 0.5) is 0 Å². The molecule has 0 aliphatic carbocycles. The molecule has 0 aromatic carbocycles. The fraction of sp³-hybridized carbons (Fsp3) is 0.625. The highest BCUT2D eigenvalue weighted by Gasteiger charge is 2.22. The van der Waals surface area contributed by atoms with Crippen LogP contribution in [0.3, 0.4) is 0 Å². The number of aliphatic hydroxyl groups is 1. The molecule has 0 atom stereocenters. The van der Waals surface area contributed by atoms with Gasteiger partial charge in [0.25, 0.3) is 0 Å². The molecule has 1 aliphatic heterocycles. The Morgan fingerprint density at radius 1 is 1.48 bits per heavy atom. The summed E-state index contributed by atoms with van der Waals surface area (Å²) in [4.78, 5) is 20.4. The molecule has 2 heterocycles. The number of amides is 1. The molecular weight excluding hydrogens is 266 g/mol. The number of nitrogens with zero attached hydrogens (tertiary/aromatic N) is 3. The lowest BCUT2D eigenvalue weighted by Crippen LogP contribution is -2.44. The maximum absolute atomic E-state index is 12.4. The number of carbonyl (C=O) groups is 1. The number of pyridine rings is 1. The van der Waals surface area contributed by atoms with Crippen LogP contribution in [-0.2, 0) is 11.3 Å². The maximum atomic E-state index is 12.4. The Balaban J connectivity index is 1.88. The SMILES string of the molecule is CC1CCN(C(=O)CN(CCO)Cc2cccnc2)CC1. The molecule has 0 bridgehead atoms. The van der Waals surface area contributed by atoms with Gasteiger partial charge in [-0.15, -0.1) is 0 Å². The van der Waals surface area contributed by atoms with E-state index in [1.807, 2.05) is 21.9 Å². The van der Waals surface area contributed by atoms with Gasteiger partial charge < -0.3 is 10.0 Å². The molecule has 0 saturated carbocycles. The van der Waals surface area contributed by atoms with Crippen LogP contribution in [0.5, 0.6) is 0 Å². The quantitative estimate of drug-likeness (QED) is 0.854. The first-order chi connectivity index (χ1) is 10.2. The maximum Gasteiger partial charge on any atom is 0.236 e. The number of hydrogen-bond donors (Lipinski definition) is 1. The molecule has 1 N–H and O–H groups in total. The van der Waals surface area contributed by atoms with Crippen molar-refractivity contribution in [2.24, 2.45) is 5.92 Å². The molecule has 5 nitrogen and oxygen atoms in total. The van der Waals surface area contributed by atoms with Gasteiger partial charge in [0.2, 0.25) is 5.91 Å². The van der Waals surface area contributed by atoms with Gasteiger partial charge in [0.15, 0.2) is 0 Å². The van der Waals surface area contributed by atoms with Gasteiger partial charge >= 0.3 is 0 Å². The number of likely N-dealkylation sites (tertiary alicyclic amines) is 1. The number of piperidine rings is 1. The number of aromatic nitrogens is 1. The average molecular weight is 291 g/mol. The Morgan fingerprint density at radius 2 is 2.24 bits per heavy atom. The summed E-state index contributed by atoms with van der Waals surface area (Å²) in [6.07, 6.45) is 5.72. The van der Waals surface area contributed by atoms with Crippen LogP contribution in [-0.4, -0.2) is 58.6 Å². The van der Waals surface area contributed by atoms with Crippen molar-refractivity contribution in [3.05, 3.63) is 30.1 Å². The van der Waals surface area contributed by atoms with E-state index in [2.05, 4.69) is 11.9 Å². The zero-order chi connectivity index (χ0) is 15.1. The lowest BCUT2D eigenvalue weighted by molar-refractivity contribution is -0.134. The second kappa shape index (κ2) is 8.10. The Bertz CT molecular complexity index is 430. The van der Waals surface area contributed by atoms with Crippen LogP contribution >= 0.6 is 0 Å². The Labute approximate surface area is 126 Å². The van der Waals surface area contributed by atoms with Crippen molar-refractivity contribution in [1.29, 1.82) is 0 Å². The van der Waals surface area contributed by atoms with Crippen LogP contribution in [0.2, 0.25) is 0 Å². The van der Waals surface area contributed by atoms with Gasteiger partial charge in [-0.25, -0.2) is 0 Å². The summed E-state index contributed by atoms with van der Waals surface area (Å²) in [5, 5.41) is 9.19. The summed E-state index contributed by atoms with van der Waals surface area (Å²) < 4.78 is 0. The van der Waals surface area contributed by atoms with E-state index < -0.39 is 0 Å². The second-order valence-electron chi connectivity index (χ2n) is 5.86.